The molecule has 2 aromatic rings. The zero-order valence-corrected chi connectivity index (χ0v) is 11.9. The molecule has 0 aliphatic heterocycles. The van der Waals surface area contributed by atoms with Crippen LogP contribution >= 0.6 is 0 Å². The van der Waals surface area contributed by atoms with Crippen molar-refractivity contribution in [3.8, 4) is 0 Å². The average Bonchev–Trinajstić information content (AvgIpc) is 2.45. The van der Waals surface area contributed by atoms with Crippen molar-refractivity contribution in [3.63, 3.8) is 0 Å². The number of aliphatic hydroxyl groups excluding tert-OH is 1. The number of anilines is 1. The van der Waals surface area contributed by atoms with E-state index in [9.17, 15) is 9.50 Å². The Bertz CT molecular complexity index is 554. The minimum absolute atomic E-state index is 0.318. The van der Waals surface area contributed by atoms with Gasteiger partial charge < -0.3 is 10.0 Å². The lowest BCUT2D eigenvalue weighted by molar-refractivity contribution is 0.199. The van der Waals surface area contributed by atoms with Crippen molar-refractivity contribution in [2.45, 2.75) is 19.4 Å². The topological polar surface area (TPSA) is 23.5 Å². The summed E-state index contributed by atoms with van der Waals surface area (Å²) in [4.78, 5) is 2.05. The molecular weight excluding hydrogens is 253 g/mol. The number of hydrogen-bond acceptors (Lipinski definition) is 2. The number of nitrogens with zero attached hydrogens (tertiary/aromatic N) is 1. The number of likely N-dealkylation sites (N-methyl/N-ethyl adjacent to an activating group) is 1. The lowest BCUT2D eigenvalue weighted by Crippen LogP contribution is -2.22. The first-order valence-corrected chi connectivity index (χ1v) is 6.80. The molecule has 0 bridgehead atoms. The number of rotatable bonds is 5. The second kappa shape index (κ2) is 6.53. The van der Waals surface area contributed by atoms with Gasteiger partial charge in [0.05, 0.1) is 6.10 Å². The predicted molar refractivity (Wildman–Crippen MR) is 80.4 cm³/mol. The van der Waals surface area contributed by atoms with Crippen LogP contribution in [0.15, 0.2) is 48.5 Å². The molecule has 0 spiro atoms. The Morgan fingerprint density at radius 1 is 1.15 bits per heavy atom. The van der Waals surface area contributed by atoms with Crippen LogP contribution in [-0.2, 0) is 6.42 Å². The fourth-order valence-corrected chi connectivity index (χ4v) is 2.27. The van der Waals surface area contributed by atoms with Crippen LogP contribution in [0.5, 0.6) is 0 Å². The standard InChI is InChI=1S/C17H20FNO/c1-13(20)16-12-15(18)8-9-17(16)19(2)11-10-14-6-4-3-5-7-14/h3-9,12-13,20H,10-11H2,1-2H3/t13-/m1/s1. The lowest BCUT2D eigenvalue weighted by atomic mass is 10.1. The maximum atomic E-state index is 13.3. The van der Waals surface area contributed by atoms with E-state index < -0.39 is 6.10 Å². The van der Waals surface area contributed by atoms with Gasteiger partial charge in [-0.2, -0.15) is 0 Å². The summed E-state index contributed by atoms with van der Waals surface area (Å²) in [5.74, 6) is -0.318. The van der Waals surface area contributed by atoms with Gasteiger partial charge in [-0.3, -0.25) is 0 Å². The molecule has 3 heteroatoms. The van der Waals surface area contributed by atoms with E-state index in [1.807, 2.05) is 25.2 Å². The quantitative estimate of drug-likeness (QED) is 0.900. The average molecular weight is 273 g/mol. The molecule has 0 saturated carbocycles. The van der Waals surface area contributed by atoms with Crippen LogP contribution in [0.2, 0.25) is 0 Å². The highest BCUT2D eigenvalue weighted by atomic mass is 19.1. The molecule has 2 nitrogen and oxygen atoms in total. The van der Waals surface area contributed by atoms with Crippen molar-refractivity contribution in [2.75, 3.05) is 18.5 Å². The number of benzene rings is 2. The number of aliphatic hydroxyl groups is 1. The Balaban J connectivity index is 2.11. The summed E-state index contributed by atoms with van der Waals surface area (Å²) < 4.78 is 13.3. The molecule has 0 aliphatic rings. The van der Waals surface area contributed by atoms with E-state index in [0.29, 0.717) is 5.56 Å². The zero-order chi connectivity index (χ0) is 14.5. The van der Waals surface area contributed by atoms with Gasteiger partial charge in [0.25, 0.3) is 0 Å². The Morgan fingerprint density at radius 2 is 1.85 bits per heavy atom. The van der Waals surface area contributed by atoms with E-state index in [1.165, 1.54) is 17.7 Å². The van der Waals surface area contributed by atoms with E-state index >= 15 is 0 Å². The van der Waals surface area contributed by atoms with Crippen molar-refractivity contribution >= 4 is 5.69 Å². The molecule has 0 heterocycles. The summed E-state index contributed by atoms with van der Waals surface area (Å²) in [6, 6.07) is 14.8. The van der Waals surface area contributed by atoms with Gasteiger partial charge in [0.1, 0.15) is 5.82 Å². The zero-order valence-electron chi connectivity index (χ0n) is 11.9. The van der Waals surface area contributed by atoms with Gasteiger partial charge in [-0.25, -0.2) is 4.39 Å². The fourth-order valence-electron chi connectivity index (χ4n) is 2.27. The smallest absolute Gasteiger partial charge is 0.123 e. The first-order valence-electron chi connectivity index (χ1n) is 6.80. The van der Waals surface area contributed by atoms with E-state index in [1.54, 1.807) is 13.0 Å². The van der Waals surface area contributed by atoms with Crippen LogP contribution in [0, 0.1) is 5.82 Å². The van der Waals surface area contributed by atoms with Gasteiger partial charge in [0.2, 0.25) is 0 Å². The number of halogens is 1. The summed E-state index contributed by atoms with van der Waals surface area (Å²) in [7, 11) is 1.96. The minimum Gasteiger partial charge on any atom is -0.389 e. The largest absolute Gasteiger partial charge is 0.389 e. The maximum absolute atomic E-state index is 13.3. The van der Waals surface area contributed by atoms with Crippen LogP contribution in [0.3, 0.4) is 0 Å². The summed E-state index contributed by atoms with van der Waals surface area (Å²) in [5, 5.41) is 9.77. The van der Waals surface area contributed by atoms with E-state index in [4.69, 9.17) is 0 Å². The molecule has 0 unspecified atom stereocenters. The second-order valence-electron chi connectivity index (χ2n) is 5.04. The van der Waals surface area contributed by atoms with Gasteiger partial charge in [0.15, 0.2) is 0 Å². The van der Waals surface area contributed by atoms with Gasteiger partial charge in [-0.05, 0) is 37.1 Å². The van der Waals surface area contributed by atoms with Crippen LogP contribution in [0.4, 0.5) is 10.1 Å². The van der Waals surface area contributed by atoms with Crippen LogP contribution in [0.25, 0.3) is 0 Å². The lowest BCUT2D eigenvalue weighted by Gasteiger charge is -2.23. The maximum Gasteiger partial charge on any atom is 0.123 e. The summed E-state index contributed by atoms with van der Waals surface area (Å²) >= 11 is 0. The Hall–Kier alpha value is -1.87. The third-order valence-electron chi connectivity index (χ3n) is 3.43. The Morgan fingerprint density at radius 3 is 2.50 bits per heavy atom. The molecule has 20 heavy (non-hydrogen) atoms. The van der Waals surface area contributed by atoms with Crippen LogP contribution in [0.1, 0.15) is 24.2 Å². The molecule has 1 atom stereocenters. The monoisotopic (exact) mass is 273 g/mol. The Kier molecular flexibility index (Phi) is 4.74. The van der Waals surface area contributed by atoms with Crippen molar-refractivity contribution in [3.05, 3.63) is 65.5 Å². The minimum atomic E-state index is -0.681. The summed E-state index contributed by atoms with van der Waals surface area (Å²) in [5.41, 5.74) is 2.76. The Labute approximate surface area is 119 Å². The van der Waals surface area contributed by atoms with Crippen molar-refractivity contribution in [2.24, 2.45) is 0 Å². The molecule has 0 saturated heterocycles. The predicted octanol–water partition coefficient (Wildman–Crippen LogP) is 3.56. The molecule has 0 amide bonds. The third-order valence-corrected chi connectivity index (χ3v) is 3.43. The molecule has 0 fully saturated rings. The van der Waals surface area contributed by atoms with Crippen molar-refractivity contribution in [1.82, 2.24) is 0 Å². The molecule has 2 rings (SSSR count). The summed E-state index contributed by atoms with van der Waals surface area (Å²) in [6.07, 6.45) is 0.230. The third kappa shape index (κ3) is 3.58. The highest BCUT2D eigenvalue weighted by Crippen LogP contribution is 2.26. The highest BCUT2D eigenvalue weighted by molar-refractivity contribution is 5.54. The first kappa shape index (κ1) is 14.5. The van der Waals surface area contributed by atoms with E-state index in [0.717, 1.165) is 18.7 Å². The van der Waals surface area contributed by atoms with Gasteiger partial charge in [-0.1, -0.05) is 30.3 Å². The molecule has 2 aromatic carbocycles. The van der Waals surface area contributed by atoms with Gasteiger partial charge in [0, 0.05) is 24.8 Å². The second-order valence-corrected chi connectivity index (χ2v) is 5.04. The SMILES string of the molecule is C[C@@H](O)c1cc(F)ccc1N(C)CCc1ccccc1. The van der Waals surface area contributed by atoms with Crippen LogP contribution in [-0.4, -0.2) is 18.7 Å². The molecular formula is C17H20FNO. The molecule has 106 valence electrons. The van der Waals surface area contributed by atoms with Crippen LogP contribution < -0.4 is 4.90 Å². The fraction of sp³-hybridized carbons (Fsp3) is 0.294. The molecule has 0 aliphatic carbocycles. The normalized spacial score (nSPS) is 12.2. The molecule has 0 aromatic heterocycles. The summed E-state index contributed by atoms with van der Waals surface area (Å²) in [6.45, 7) is 2.47. The van der Waals surface area contributed by atoms with Gasteiger partial charge >= 0.3 is 0 Å². The van der Waals surface area contributed by atoms with Crippen molar-refractivity contribution < 1.29 is 9.50 Å². The first-order chi connectivity index (χ1) is 9.58. The molecule has 0 radical (unpaired) electrons. The van der Waals surface area contributed by atoms with Crippen molar-refractivity contribution in [1.29, 1.82) is 0 Å². The molecule has 1 N–H and O–H groups in total. The number of hydrogen-bond donors (Lipinski definition) is 1. The van der Waals surface area contributed by atoms with Gasteiger partial charge in [-0.15, -0.1) is 0 Å². The van der Waals surface area contributed by atoms with E-state index in [-0.39, 0.29) is 5.82 Å². The van der Waals surface area contributed by atoms with E-state index in [2.05, 4.69) is 17.0 Å². The highest BCUT2D eigenvalue weighted by Gasteiger charge is 2.12.